The van der Waals surface area contributed by atoms with Gasteiger partial charge in [0.25, 0.3) is 0 Å². The number of H-pyrrole nitrogens is 1. The molecule has 0 aliphatic rings. The molecule has 1 N–H and O–H groups in total. The Morgan fingerprint density at radius 1 is 1.31 bits per heavy atom. The third-order valence-electron chi connectivity index (χ3n) is 1.56. The average molecular weight is 190 g/mol. The lowest BCUT2D eigenvalue weighted by Gasteiger charge is -1.96. The van der Waals surface area contributed by atoms with Gasteiger partial charge in [0.15, 0.2) is 6.33 Å². The first-order valence-corrected chi connectivity index (χ1v) is 4.89. The Bertz CT molecular complexity index is 344. The number of hydrogen-bond donors (Lipinski definition) is 1. The zero-order valence-electron chi connectivity index (χ0n) is 6.90. The number of rotatable bonds is 3. The predicted molar refractivity (Wildman–Crippen MR) is 51.2 cm³/mol. The number of hydrogen-bond acceptors (Lipinski definition) is 3. The van der Waals surface area contributed by atoms with Gasteiger partial charge < -0.3 is 0 Å². The van der Waals surface area contributed by atoms with E-state index in [-0.39, 0.29) is 0 Å². The van der Waals surface area contributed by atoms with Gasteiger partial charge in [0.05, 0.1) is 0 Å². The monoisotopic (exact) mass is 190 g/mol. The van der Waals surface area contributed by atoms with Crippen LogP contribution in [0.3, 0.4) is 0 Å². The van der Waals surface area contributed by atoms with Gasteiger partial charge in [-0.15, -0.1) is 5.10 Å². The number of nitrogens with zero attached hydrogens (tertiary/aromatic N) is 2. The molecule has 0 unspecified atom stereocenters. The van der Waals surface area contributed by atoms with Crippen molar-refractivity contribution in [1.82, 2.24) is 15.2 Å². The van der Waals surface area contributed by atoms with E-state index >= 15 is 0 Å². The summed E-state index contributed by atoms with van der Waals surface area (Å²) >= 11 is 1.60. The Balaban J connectivity index is 1.94. The second-order valence-corrected chi connectivity index (χ2v) is 3.45. The second kappa shape index (κ2) is 4.09. The minimum Gasteiger partial charge on any atom is -0.255 e. The van der Waals surface area contributed by atoms with Crippen LogP contribution in [0.1, 0.15) is 5.56 Å². The third kappa shape index (κ3) is 2.32. The van der Waals surface area contributed by atoms with E-state index in [1.807, 2.05) is 18.2 Å². The van der Waals surface area contributed by atoms with Crippen LogP contribution in [0.25, 0.3) is 0 Å². The molecule has 0 saturated heterocycles. The van der Waals surface area contributed by atoms with Gasteiger partial charge >= 0.3 is 0 Å². The normalized spacial score (nSPS) is 10.2. The summed E-state index contributed by atoms with van der Waals surface area (Å²) in [5.41, 5.74) is 1.28. The highest BCUT2D eigenvalue weighted by molar-refractivity contribution is 7.98. The van der Waals surface area contributed by atoms with E-state index in [2.05, 4.69) is 33.6 Å². The van der Waals surface area contributed by atoms with Crippen molar-refractivity contribution in [1.29, 1.82) is 0 Å². The molecule has 1 heterocycles. The predicted octanol–water partition coefficient (Wildman–Crippen LogP) is 1.90. The van der Waals surface area contributed by atoms with E-state index in [4.69, 9.17) is 0 Å². The molecule has 0 fully saturated rings. The van der Waals surface area contributed by atoms with E-state index in [1.165, 1.54) is 5.56 Å². The van der Waals surface area contributed by atoms with Crippen molar-refractivity contribution >= 4 is 11.8 Å². The van der Waals surface area contributed by atoms with Gasteiger partial charge in [0.1, 0.15) is 0 Å². The topological polar surface area (TPSA) is 41.6 Å². The summed E-state index contributed by atoms with van der Waals surface area (Å²) < 4.78 is 0. The lowest BCUT2D eigenvalue weighted by Crippen LogP contribution is -1.80. The third-order valence-corrected chi connectivity index (χ3v) is 2.48. The maximum absolute atomic E-state index is 3.90. The fourth-order valence-corrected chi connectivity index (χ4v) is 1.67. The molecular formula is C9H8N3S. The Morgan fingerprint density at radius 3 is 2.85 bits per heavy atom. The van der Waals surface area contributed by atoms with Gasteiger partial charge in [-0.2, -0.15) is 4.98 Å². The van der Waals surface area contributed by atoms with Gasteiger partial charge in [-0.1, -0.05) is 42.1 Å². The summed E-state index contributed by atoms with van der Waals surface area (Å²) in [5.74, 6) is 0.895. The lowest BCUT2D eigenvalue weighted by molar-refractivity contribution is 0.972. The first-order valence-electron chi connectivity index (χ1n) is 3.90. The Morgan fingerprint density at radius 2 is 2.15 bits per heavy atom. The number of benzene rings is 1. The molecule has 0 aliphatic carbocycles. The molecule has 2 aromatic rings. The van der Waals surface area contributed by atoms with Crippen LogP contribution < -0.4 is 0 Å². The van der Waals surface area contributed by atoms with Crippen LogP contribution in [0.5, 0.6) is 0 Å². The van der Waals surface area contributed by atoms with Gasteiger partial charge in [-0.05, 0) is 5.56 Å². The summed E-state index contributed by atoms with van der Waals surface area (Å²) in [7, 11) is 0. The van der Waals surface area contributed by atoms with Crippen LogP contribution >= 0.6 is 11.8 Å². The molecule has 1 radical (unpaired) electrons. The molecule has 0 saturated carbocycles. The Hall–Kier alpha value is -1.29. The highest BCUT2D eigenvalue weighted by Crippen LogP contribution is 2.17. The molecule has 65 valence electrons. The molecule has 0 spiro atoms. The van der Waals surface area contributed by atoms with E-state index < -0.39 is 0 Å². The van der Waals surface area contributed by atoms with E-state index in [9.17, 15) is 0 Å². The van der Waals surface area contributed by atoms with E-state index in [0.29, 0.717) is 0 Å². The lowest BCUT2D eigenvalue weighted by atomic mass is 10.2. The van der Waals surface area contributed by atoms with Crippen molar-refractivity contribution in [2.24, 2.45) is 0 Å². The van der Waals surface area contributed by atoms with Crippen LogP contribution in [0.2, 0.25) is 0 Å². The summed E-state index contributed by atoms with van der Waals surface area (Å²) in [5, 5.41) is 7.20. The van der Waals surface area contributed by atoms with Crippen LogP contribution in [0.4, 0.5) is 0 Å². The van der Waals surface area contributed by atoms with Crippen molar-refractivity contribution in [3.8, 4) is 0 Å². The highest BCUT2D eigenvalue weighted by atomic mass is 32.2. The molecule has 3 nitrogen and oxygen atoms in total. The number of aromatic nitrogens is 3. The van der Waals surface area contributed by atoms with Crippen molar-refractivity contribution in [2.45, 2.75) is 10.9 Å². The van der Waals surface area contributed by atoms with E-state index in [0.717, 1.165) is 10.9 Å². The number of thioether (sulfide) groups is 1. The van der Waals surface area contributed by atoms with Gasteiger partial charge in [0, 0.05) is 5.75 Å². The van der Waals surface area contributed by atoms with Crippen LogP contribution in [0.15, 0.2) is 35.5 Å². The van der Waals surface area contributed by atoms with Gasteiger partial charge in [-0.25, -0.2) is 0 Å². The number of nitrogens with one attached hydrogen (secondary N) is 1. The van der Waals surface area contributed by atoms with Crippen LogP contribution in [0, 0.1) is 6.33 Å². The molecule has 1 aromatic heterocycles. The molecule has 1 aromatic carbocycles. The number of aromatic amines is 1. The quantitative estimate of drug-likeness (QED) is 0.751. The van der Waals surface area contributed by atoms with E-state index in [1.54, 1.807) is 11.8 Å². The summed E-state index contributed by atoms with van der Waals surface area (Å²) in [6.07, 6.45) is 2.56. The first-order chi connectivity index (χ1) is 6.45. The smallest absolute Gasteiger partial charge is 0.209 e. The van der Waals surface area contributed by atoms with Crippen LogP contribution in [-0.2, 0) is 5.75 Å². The minimum absolute atomic E-state index is 0.740. The molecular weight excluding hydrogens is 182 g/mol. The Kier molecular flexibility index (Phi) is 2.62. The molecule has 2 rings (SSSR count). The average Bonchev–Trinajstić information content (AvgIpc) is 2.69. The fraction of sp³-hybridized carbons (Fsp3) is 0.111. The summed E-state index contributed by atoms with van der Waals surface area (Å²) in [6, 6.07) is 10.2. The molecule has 0 atom stereocenters. The van der Waals surface area contributed by atoms with Crippen molar-refractivity contribution in [2.75, 3.05) is 0 Å². The standard InChI is InChI=1S/C9H8N3S/c1-2-4-8(5-3-1)6-13-9-10-7-11-12-9/h1-5H,6H2,(H,10,11,12). The Labute approximate surface area is 80.6 Å². The van der Waals surface area contributed by atoms with Gasteiger partial charge in [0.2, 0.25) is 5.16 Å². The fourth-order valence-electron chi connectivity index (χ4n) is 0.957. The zero-order chi connectivity index (χ0) is 8.93. The minimum atomic E-state index is 0.740. The van der Waals surface area contributed by atoms with Crippen molar-refractivity contribution < 1.29 is 0 Å². The first kappa shape index (κ1) is 8.31. The van der Waals surface area contributed by atoms with Crippen molar-refractivity contribution in [3.63, 3.8) is 0 Å². The maximum Gasteiger partial charge on any atom is 0.209 e. The molecule has 4 heteroatoms. The SMILES string of the molecule is [c]1nc(SCc2ccccc2)n[nH]1. The van der Waals surface area contributed by atoms with Gasteiger partial charge in [-0.3, -0.25) is 5.10 Å². The molecule has 0 bridgehead atoms. The molecule has 0 aliphatic heterocycles. The largest absolute Gasteiger partial charge is 0.255 e. The molecule has 13 heavy (non-hydrogen) atoms. The summed E-state index contributed by atoms with van der Waals surface area (Å²) in [4.78, 5) is 3.90. The summed E-state index contributed by atoms with van der Waals surface area (Å²) in [6.45, 7) is 0. The maximum atomic E-state index is 3.90. The second-order valence-electron chi connectivity index (χ2n) is 2.50. The zero-order valence-corrected chi connectivity index (χ0v) is 7.71. The highest BCUT2D eigenvalue weighted by Gasteiger charge is 1.97. The van der Waals surface area contributed by atoms with Crippen molar-refractivity contribution in [3.05, 3.63) is 42.2 Å². The molecule has 0 amide bonds. The van der Waals surface area contributed by atoms with Crippen LogP contribution in [-0.4, -0.2) is 15.2 Å².